The van der Waals surface area contributed by atoms with Crippen LogP contribution in [0.3, 0.4) is 0 Å². The number of nitrogens with zero attached hydrogens (tertiary/aromatic N) is 1. The summed E-state index contributed by atoms with van der Waals surface area (Å²) in [5.41, 5.74) is 3.46. The van der Waals surface area contributed by atoms with Crippen molar-refractivity contribution in [1.82, 2.24) is 5.32 Å². The Balaban J connectivity index is 1.60. The molecule has 0 bridgehead atoms. The maximum absolute atomic E-state index is 13.4. The summed E-state index contributed by atoms with van der Waals surface area (Å²) in [6.07, 6.45) is -0.959. The van der Waals surface area contributed by atoms with Crippen molar-refractivity contribution < 1.29 is 17.9 Å². The fourth-order valence-electron chi connectivity index (χ4n) is 3.51. The molecule has 0 spiro atoms. The van der Waals surface area contributed by atoms with Gasteiger partial charge in [0.15, 0.2) is 6.10 Å². The van der Waals surface area contributed by atoms with Gasteiger partial charge in [0.05, 0.1) is 17.1 Å². The van der Waals surface area contributed by atoms with Gasteiger partial charge in [0, 0.05) is 6.54 Å². The van der Waals surface area contributed by atoms with Crippen LogP contribution in [0.1, 0.15) is 16.7 Å². The van der Waals surface area contributed by atoms with Gasteiger partial charge in [-0.15, -0.1) is 0 Å². The number of sulfonamides is 1. The minimum atomic E-state index is -3.86. The van der Waals surface area contributed by atoms with Crippen molar-refractivity contribution in [2.24, 2.45) is 0 Å². The number of aryl methyl sites for hydroxylation is 2. The monoisotopic (exact) mass is 436 g/mol. The van der Waals surface area contributed by atoms with E-state index in [1.807, 2.05) is 38.1 Å². The molecule has 0 fully saturated rings. The molecule has 1 atom stereocenters. The van der Waals surface area contributed by atoms with Crippen LogP contribution in [-0.4, -0.2) is 27.0 Å². The van der Waals surface area contributed by atoms with E-state index in [0.29, 0.717) is 18.0 Å². The minimum Gasteiger partial charge on any atom is -0.476 e. The molecule has 1 aliphatic rings. The zero-order valence-corrected chi connectivity index (χ0v) is 18.2. The number of ether oxygens (including phenoxy) is 1. The number of nitrogens with one attached hydrogen (secondary N) is 1. The number of hydrogen-bond donors (Lipinski definition) is 1. The smallest absolute Gasteiger partial charge is 0.264 e. The highest BCUT2D eigenvalue weighted by Crippen LogP contribution is 2.36. The van der Waals surface area contributed by atoms with Gasteiger partial charge in [0.2, 0.25) is 0 Å². The fourth-order valence-corrected chi connectivity index (χ4v) is 4.98. The summed E-state index contributed by atoms with van der Waals surface area (Å²) in [7, 11) is -3.86. The van der Waals surface area contributed by atoms with Crippen LogP contribution < -0.4 is 14.4 Å². The van der Waals surface area contributed by atoms with E-state index >= 15 is 0 Å². The van der Waals surface area contributed by atoms with Gasteiger partial charge in [-0.05, 0) is 49.2 Å². The number of fused-ring (bicyclic) bond motifs is 1. The minimum absolute atomic E-state index is 0.104. The van der Waals surface area contributed by atoms with E-state index in [1.165, 1.54) is 4.31 Å². The van der Waals surface area contributed by atoms with Gasteiger partial charge in [0.25, 0.3) is 15.9 Å². The number of benzene rings is 3. The summed E-state index contributed by atoms with van der Waals surface area (Å²) >= 11 is 0. The van der Waals surface area contributed by atoms with Gasteiger partial charge in [-0.2, -0.15) is 0 Å². The van der Waals surface area contributed by atoms with Crippen molar-refractivity contribution >= 4 is 21.6 Å². The molecule has 3 aromatic carbocycles. The van der Waals surface area contributed by atoms with Gasteiger partial charge in [-0.3, -0.25) is 9.10 Å². The molecule has 31 heavy (non-hydrogen) atoms. The average molecular weight is 437 g/mol. The molecule has 1 heterocycles. The number of rotatable bonds is 5. The zero-order chi connectivity index (χ0) is 22.0. The summed E-state index contributed by atoms with van der Waals surface area (Å²) in [5, 5.41) is 2.87. The normalized spacial score (nSPS) is 15.7. The second-order valence-electron chi connectivity index (χ2n) is 7.57. The Bertz CT molecular complexity index is 1210. The average Bonchev–Trinajstić information content (AvgIpc) is 2.78. The molecular weight excluding hydrogens is 412 g/mol. The Kier molecular flexibility index (Phi) is 5.69. The first-order chi connectivity index (χ1) is 14.9. The molecule has 0 saturated heterocycles. The molecule has 3 aromatic rings. The Morgan fingerprint density at radius 1 is 1.00 bits per heavy atom. The highest BCUT2D eigenvalue weighted by atomic mass is 32.2. The quantitative estimate of drug-likeness (QED) is 0.663. The van der Waals surface area contributed by atoms with Crippen molar-refractivity contribution in [2.75, 3.05) is 10.8 Å². The van der Waals surface area contributed by atoms with E-state index in [9.17, 15) is 13.2 Å². The van der Waals surface area contributed by atoms with Crippen LogP contribution in [0, 0.1) is 13.8 Å². The molecule has 1 aliphatic heterocycles. The number of para-hydroxylation sites is 2. The van der Waals surface area contributed by atoms with Crippen LogP contribution in [0.15, 0.2) is 77.7 Å². The van der Waals surface area contributed by atoms with E-state index in [1.54, 1.807) is 48.5 Å². The standard InChI is InChI=1S/C24H24N2O4S/c1-17-11-13-20(14-12-17)31(28,29)26-16-23(30-22-10-6-5-9-21(22)26)24(27)25-15-19-8-4-3-7-18(19)2/h3-14,23H,15-16H2,1-2H3,(H,25,27). The molecule has 0 saturated carbocycles. The summed E-state index contributed by atoms with van der Waals surface area (Å²) in [4.78, 5) is 13.1. The molecule has 0 radical (unpaired) electrons. The van der Waals surface area contributed by atoms with Crippen LogP contribution in [0.5, 0.6) is 5.75 Å². The number of carbonyl (C=O) groups excluding carboxylic acids is 1. The fraction of sp³-hybridized carbons (Fsp3) is 0.208. The second kappa shape index (κ2) is 8.43. The van der Waals surface area contributed by atoms with Crippen molar-refractivity contribution in [2.45, 2.75) is 31.4 Å². The third-order valence-electron chi connectivity index (χ3n) is 5.35. The maximum Gasteiger partial charge on any atom is 0.264 e. The van der Waals surface area contributed by atoms with Gasteiger partial charge >= 0.3 is 0 Å². The molecule has 1 unspecified atom stereocenters. The lowest BCUT2D eigenvalue weighted by Crippen LogP contribution is -2.50. The SMILES string of the molecule is Cc1ccc(S(=O)(=O)N2CC(C(=O)NCc3ccccc3C)Oc3ccccc32)cc1. The molecule has 160 valence electrons. The summed E-state index contributed by atoms with van der Waals surface area (Å²) in [6, 6.07) is 21.3. The highest BCUT2D eigenvalue weighted by molar-refractivity contribution is 7.92. The number of carbonyl (C=O) groups is 1. The summed E-state index contributed by atoms with van der Waals surface area (Å²) in [6.45, 7) is 4.12. The topological polar surface area (TPSA) is 75.7 Å². The zero-order valence-electron chi connectivity index (χ0n) is 17.4. The number of hydrogen-bond acceptors (Lipinski definition) is 4. The van der Waals surface area contributed by atoms with Crippen LogP contribution >= 0.6 is 0 Å². The largest absolute Gasteiger partial charge is 0.476 e. The Labute approximate surface area is 182 Å². The lowest BCUT2D eigenvalue weighted by atomic mass is 10.1. The lowest BCUT2D eigenvalue weighted by Gasteiger charge is -2.34. The molecule has 0 aromatic heterocycles. The van der Waals surface area contributed by atoms with E-state index in [4.69, 9.17) is 4.74 Å². The second-order valence-corrected chi connectivity index (χ2v) is 9.43. The van der Waals surface area contributed by atoms with Gasteiger partial charge in [-0.1, -0.05) is 54.1 Å². The number of amides is 1. The van der Waals surface area contributed by atoms with Crippen molar-refractivity contribution in [1.29, 1.82) is 0 Å². The number of anilines is 1. The van der Waals surface area contributed by atoms with Gasteiger partial charge in [-0.25, -0.2) is 8.42 Å². The van der Waals surface area contributed by atoms with Crippen LogP contribution in [0.2, 0.25) is 0 Å². The molecule has 0 aliphatic carbocycles. The van der Waals surface area contributed by atoms with Crippen molar-refractivity contribution in [3.8, 4) is 5.75 Å². The molecule has 6 nitrogen and oxygen atoms in total. The Hall–Kier alpha value is -3.32. The third kappa shape index (κ3) is 4.27. The first kappa shape index (κ1) is 20.9. The lowest BCUT2D eigenvalue weighted by molar-refractivity contribution is -0.127. The summed E-state index contributed by atoms with van der Waals surface area (Å²) < 4.78 is 33.9. The van der Waals surface area contributed by atoms with E-state index in [2.05, 4.69) is 5.32 Å². The molecule has 7 heteroatoms. The summed E-state index contributed by atoms with van der Waals surface area (Å²) in [5.74, 6) is 0.00217. The Morgan fingerprint density at radius 2 is 1.68 bits per heavy atom. The molecule has 1 amide bonds. The van der Waals surface area contributed by atoms with Crippen molar-refractivity contribution in [3.05, 3.63) is 89.5 Å². The molecule has 4 rings (SSSR count). The third-order valence-corrected chi connectivity index (χ3v) is 7.14. The van der Waals surface area contributed by atoms with E-state index in [0.717, 1.165) is 16.7 Å². The first-order valence-electron chi connectivity index (χ1n) is 10.0. The molecule has 1 N–H and O–H groups in total. The van der Waals surface area contributed by atoms with Crippen molar-refractivity contribution in [3.63, 3.8) is 0 Å². The van der Waals surface area contributed by atoms with E-state index < -0.39 is 16.1 Å². The van der Waals surface area contributed by atoms with Gasteiger partial charge < -0.3 is 10.1 Å². The molecular formula is C24H24N2O4S. The first-order valence-corrected chi connectivity index (χ1v) is 11.5. The Morgan fingerprint density at radius 3 is 2.42 bits per heavy atom. The predicted molar refractivity (Wildman–Crippen MR) is 120 cm³/mol. The van der Waals surface area contributed by atoms with E-state index in [-0.39, 0.29) is 17.3 Å². The van der Waals surface area contributed by atoms with Gasteiger partial charge in [0.1, 0.15) is 5.75 Å². The predicted octanol–water partition coefficient (Wildman–Crippen LogP) is 3.58. The maximum atomic E-state index is 13.4. The highest BCUT2D eigenvalue weighted by Gasteiger charge is 2.37. The van der Waals surface area contributed by atoms with Crippen LogP contribution in [0.25, 0.3) is 0 Å². The van der Waals surface area contributed by atoms with Crippen LogP contribution in [-0.2, 0) is 21.4 Å². The van der Waals surface area contributed by atoms with Crippen LogP contribution in [0.4, 0.5) is 5.69 Å².